The molecular formula is C30H33F3N8O4S2. The Balaban J connectivity index is 1.45. The van der Waals surface area contributed by atoms with Crippen LogP contribution in [-0.2, 0) is 9.84 Å². The molecule has 3 N–H and O–H groups in total. The fraction of sp³-hybridized carbons (Fsp3) is 0.367. The van der Waals surface area contributed by atoms with Gasteiger partial charge < -0.3 is 20.3 Å². The maximum Gasteiger partial charge on any atom is 0.233 e. The van der Waals surface area contributed by atoms with E-state index < -0.39 is 43.1 Å². The van der Waals surface area contributed by atoms with Crippen LogP contribution in [0.1, 0.15) is 36.0 Å². The minimum atomic E-state index is -4.91. The van der Waals surface area contributed by atoms with Gasteiger partial charge in [-0.1, -0.05) is 12.1 Å². The number of nitrogens with one attached hydrogen (secondary N) is 3. The van der Waals surface area contributed by atoms with Gasteiger partial charge in [-0.25, -0.2) is 31.6 Å². The zero-order chi connectivity index (χ0) is 33.7. The Morgan fingerprint density at radius 1 is 1.17 bits per heavy atom. The highest BCUT2D eigenvalue weighted by atomic mass is 32.2. The number of hydrogen-bond acceptors (Lipinski definition) is 12. The highest BCUT2D eigenvalue weighted by Gasteiger charge is 2.33. The van der Waals surface area contributed by atoms with E-state index in [1.807, 2.05) is 14.0 Å². The first-order valence-corrected chi connectivity index (χ1v) is 17.0. The third-order valence-corrected chi connectivity index (χ3v) is 10.4. The fourth-order valence-corrected chi connectivity index (χ4v) is 7.28. The average molecular weight is 691 g/mol. The second-order valence-corrected chi connectivity index (χ2v) is 13.9. The lowest BCUT2D eigenvalue weighted by atomic mass is 9.93. The summed E-state index contributed by atoms with van der Waals surface area (Å²) in [6.07, 6.45) is 2.94. The number of aromatic nitrogens is 4. The van der Waals surface area contributed by atoms with Gasteiger partial charge in [-0.2, -0.15) is 5.10 Å². The molecule has 1 aliphatic heterocycles. The lowest BCUT2D eigenvalue weighted by Gasteiger charge is -2.33. The van der Waals surface area contributed by atoms with Crippen LogP contribution in [-0.4, -0.2) is 62.4 Å². The van der Waals surface area contributed by atoms with Gasteiger partial charge in [-0.15, -0.1) is 4.91 Å². The number of halogens is 3. The van der Waals surface area contributed by atoms with E-state index in [-0.39, 0.29) is 15.9 Å². The number of methoxy groups -OCH3 is 1. The van der Waals surface area contributed by atoms with Crippen molar-refractivity contribution in [2.24, 2.45) is 11.1 Å². The molecule has 0 bridgehead atoms. The Morgan fingerprint density at radius 3 is 2.57 bits per heavy atom. The third kappa shape index (κ3) is 7.52. The Labute approximate surface area is 273 Å². The van der Waals surface area contributed by atoms with Crippen molar-refractivity contribution < 1.29 is 26.3 Å². The standard InChI is InChI=1S/C30H33F3N8O4S2/c1-17-15-24(39-38-17)35-28-26(45-3)29(41-13-10-18(11-14-41)9-12-34-2)37-30(36-28)46-23-8-7-19(16-21(23)31)47(43,44)27(33)20-5-4-6-22(40-42)25(20)32/h4-8,15-16,18,27,34H,9-14H2,1-3H3,(H2,35,36,37,38,39). The predicted molar refractivity (Wildman–Crippen MR) is 172 cm³/mol. The monoisotopic (exact) mass is 690 g/mol. The summed E-state index contributed by atoms with van der Waals surface area (Å²) < 4.78 is 76.9. The van der Waals surface area contributed by atoms with Gasteiger partial charge in [0.15, 0.2) is 28.4 Å². The highest BCUT2D eigenvalue weighted by Crippen LogP contribution is 2.41. The number of sulfone groups is 1. The van der Waals surface area contributed by atoms with E-state index in [9.17, 15) is 17.7 Å². The second kappa shape index (κ2) is 14.7. The Bertz CT molecular complexity index is 1850. The number of piperidine rings is 1. The van der Waals surface area contributed by atoms with Crippen molar-refractivity contribution >= 4 is 44.7 Å². The summed E-state index contributed by atoms with van der Waals surface area (Å²) in [4.78, 5) is 21.4. The molecule has 12 nitrogen and oxygen atoms in total. The van der Waals surface area contributed by atoms with E-state index in [1.54, 1.807) is 6.07 Å². The summed E-state index contributed by atoms with van der Waals surface area (Å²) in [7, 11) is -1.48. The molecule has 0 saturated carbocycles. The molecule has 250 valence electrons. The van der Waals surface area contributed by atoms with Gasteiger partial charge in [-0.05, 0) is 86.9 Å². The van der Waals surface area contributed by atoms with Crippen LogP contribution < -0.4 is 20.3 Å². The van der Waals surface area contributed by atoms with Gasteiger partial charge in [-0.3, -0.25) is 5.10 Å². The van der Waals surface area contributed by atoms with Crippen LogP contribution in [0.5, 0.6) is 5.75 Å². The van der Waals surface area contributed by atoms with E-state index in [0.29, 0.717) is 42.5 Å². The number of rotatable bonds is 13. The molecule has 17 heteroatoms. The maximum atomic E-state index is 15.5. The molecule has 1 atom stereocenters. The number of benzene rings is 2. The molecular weight excluding hydrogens is 658 g/mol. The minimum absolute atomic E-state index is 0.0406. The molecule has 1 fully saturated rings. The zero-order valence-corrected chi connectivity index (χ0v) is 27.4. The first-order chi connectivity index (χ1) is 22.5. The lowest BCUT2D eigenvalue weighted by molar-refractivity contribution is 0.369. The molecule has 0 aliphatic carbocycles. The SMILES string of the molecule is CNCCC1CCN(c2nc(Sc3ccc(S(=O)(=O)C(F)c4cccc(N=O)c4F)cc3F)nc(Nc3cc(C)[nH]n3)c2OC)CC1. The number of nitroso groups, excluding NO2 is 1. The van der Waals surface area contributed by atoms with Crippen molar-refractivity contribution in [3.05, 3.63) is 70.3 Å². The van der Waals surface area contributed by atoms with Crippen LogP contribution >= 0.6 is 11.8 Å². The fourth-order valence-electron chi connectivity index (χ4n) is 5.25. The van der Waals surface area contributed by atoms with Crippen molar-refractivity contribution in [2.75, 3.05) is 44.0 Å². The number of alkyl halides is 1. The van der Waals surface area contributed by atoms with Gasteiger partial charge in [0, 0.05) is 30.4 Å². The molecule has 1 unspecified atom stereocenters. The Morgan fingerprint density at radius 2 is 1.94 bits per heavy atom. The molecule has 1 saturated heterocycles. The second-order valence-electron chi connectivity index (χ2n) is 10.9. The van der Waals surface area contributed by atoms with Crippen LogP contribution in [0.2, 0.25) is 0 Å². The topological polar surface area (TPSA) is 155 Å². The molecule has 0 amide bonds. The van der Waals surface area contributed by atoms with Crippen molar-refractivity contribution in [1.82, 2.24) is 25.5 Å². The smallest absolute Gasteiger partial charge is 0.233 e. The van der Waals surface area contributed by atoms with Crippen LogP contribution in [0.3, 0.4) is 0 Å². The average Bonchev–Trinajstić information content (AvgIpc) is 3.48. The van der Waals surface area contributed by atoms with Crippen molar-refractivity contribution in [3.63, 3.8) is 0 Å². The number of aromatic amines is 1. The zero-order valence-electron chi connectivity index (χ0n) is 25.8. The van der Waals surface area contributed by atoms with Crippen molar-refractivity contribution in [2.45, 2.75) is 46.6 Å². The number of ether oxygens (including phenoxy) is 1. The Kier molecular flexibility index (Phi) is 10.7. The largest absolute Gasteiger partial charge is 0.490 e. The molecule has 0 radical (unpaired) electrons. The van der Waals surface area contributed by atoms with E-state index in [2.05, 4.69) is 35.9 Å². The highest BCUT2D eigenvalue weighted by molar-refractivity contribution is 7.99. The summed E-state index contributed by atoms with van der Waals surface area (Å²) in [5, 5.41) is 16.0. The van der Waals surface area contributed by atoms with E-state index in [4.69, 9.17) is 9.72 Å². The van der Waals surface area contributed by atoms with Crippen molar-refractivity contribution in [1.29, 1.82) is 0 Å². The molecule has 0 spiro atoms. The molecule has 1 aliphatic rings. The molecule has 3 heterocycles. The first-order valence-electron chi connectivity index (χ1n) is 14.7. The van der Waals surface area contributed by atoms with Crippen LogP contribution in [0.15, 0.2) is 62.6 Å². The summed E-state index contributed by atoms with van der Waals surface area (Å²) in [6.45, 7) is 4.20. The third-order valence-electron chi connectivity index (χ3n) is 7.76. The van der Waals surface area contributed by atoms with Crippen LogP contribution in [0, 0.1) is 29.4 Å². The molecule has 47 heavy (non-hydrogen) atoms. The van der Waals surface area contributed by atoms with Gasteiger partial charge in [0.05, 0.1) is 16.9 Å². The quantitative estimate of drug-likeness (QED) is 0.106. The molecule has 5 rings (SSSR count). The molecule has 4 aromatic rings. The number of anilines is 3. The van der Waals surface area contributed by atoms with E-state index in [0.717, 1.165) is 73.6 Å². The molecule has 2 aromatic heterocycles. The number of aryl methyl sites for hydroxylation is 1. The number of H-pyrrole nitrogens is 1. The van der Waals surface area contributed by atoms with Gasteiger partial charge in [0.25, 0.3) is 0 Å². The summed E-state index contributed by atoms with van der Waals surface area (Å²) in [6, 6.07) is 7.55. The number of hydrogen-bond donors (Lipinski definition) is 3. The molecule has 2 aromatic carbocycles. The summed E-state index contributed by atoms with van der Waals surface area (Å²) >= 11 is 0.833. The van der Waals surface area contributed by atoms with E-state index >= 15 is 8.78 Å². The Hall–Kier alpha value is -4.22. The predicted octanol–water partition coefficient (Wildman–Crippen LogP) is 6.36. The van der Waals surface area contributed by atoms with E-state index in [1.165, 1.54) is 7.11 Å². The summed E-state index contributed by atoms with van der Waals surface area (Å²) in [5.74, 6) is -0.204. The van der Waals surface area contributed by atoms with Gasteiger partial charge >= 0.3 is 0 Å². The van der Waals surface area contributed by atoms with Gasteiger partial charge in [0.2, 0.25) is 21.1 Å². The minimum Gasteiger partial charge on any atom is -0.490 e. The normalized spacial score (nSPS) is 14.6. The number of nitrogens with zero attached hydrogens (tertiary/aromatic N) is 5. The maximum absolute atomic E-state index is 15.5. The lowest BCUT2D eigenvalue weighted by Crippen LogP contribution is -2.35. The summed E-state index contributed by atoms with van der Waals surface area (Å²) in [5.41, 5.74) is -3.75. The van der Waals surface area contributed by atoms with Crippen LogP contribution in [0.25, 0.3) is 0 Å². The van der Waals surface area contributed by atoms with Gasteiger partial charge in [0.1, 0.15) is 11.5 Å². The first kappa shape index (κ1) is 34.1. The van der Waals surface area contributed by atoms with Crippen molar-refractivity contribution in [3.8, 4) is 5.75 Å². The van der Waals surface area contributed by atoms with Crippen LogP contribution in [0.4, 0.5) is 36.3 Å².